The second-order valence-electron chi connectivity index (χ2n) is 14.2. The normalized spacial score (nSPS) is 11.2. The summed E-state index contributed by atoms with van der Waals surface area (Å²) in [5, 5.41) is 2.44. The van der Waals surface area contributed by atoms with E-state index in [9.17, 15) is 0 Å². The van der Waals surface area contributed by atoms with Gasteiger partial charge in [-0.3, -0.25) is 0 Å². The lowest BCUT2D eigenvalue weighted by Crippen LogP contribution is -2.11. The summed E-state index contributed by atoms with van der Waals surface area (Å²) in [4.78, 5) is 2.44. The van der Waals surface area contributed by atoms with Gasteiger partial charge in [0.05, 0.1) is 16.7 Å². The minimum absolute atomic E-state index is 1.09. The average Bonchev–Trinajstić information content (AvgIpc) is 3.62. The molecule has 10 rings (SSSR count). The van der Waals surface area contributed by atoms with Crippen LogP contribution in [-0.2, 0) is 0 Å². The smallest absolute Gasteiger partial charge is 0.0547 e. The first-order valence-corrected chi connectivity index (χ1v) is 19.2. The van der Waals surface area contributed by atoms with Crippen LogP contribution in [0, 0.1) is 0 Å². The van der Waals surface area contributed by atoms with Crippen molar-refractivity contribution in [3.63, 3.8) is 0 Å². The number of nitrogens with zero attached hydrogens (tertiary/aromatic N) is 2. The molecule has 2 heteroatoms. The number of hydrogen-bond acceptors (Lipinski definition) is 1. The molecule has 0 radical (unpaired) electrons. The molecule has 0 amide bonds. The Kier molecular flexibility index (Phi) is 8.55. The molecule has 56 heavy (non-hydrogen) atoms. The van der Waals surface area contributed by atoms with E-state index in [0.29, 0.717) is 0 Å². The highest BCUT2D eigenvalue weighted by Crippen LogP contribution is 2.46. The van der Waals surface area contributed by atoms with Gasteiger partial charge in [0.25, 0.3) is 0 Å². The van der Waals surface area contributed by atoms with E-state index in [1.54, 1.807) is 0 Å². The predicted octanol–water partition coefficient (Wildman–Crippen LogP) is 14.9. The second kappa shape index (κ2) is 14.4. The first kappa shape index (κ1) is 33.2. The first-order valence-electron chi connectivity index (χ1n) is 19.2. The van der Waals surface area contributed by atoms with Crippen LogP contribution >= 0.6 is 0 Å². The molecule has 0 atom stereocenters. The van der Waals surface area contributed by atoms with Crippen molar-refractivity contribution in [3.8, 4) is 50.2 Å². The molecule has 0 aliphatic carbocycles. The van der Waals surface area contributed by atoms with Gasteiger partial charge < -0.3 is 9.47 Å². The third kappa shape index (κ3) is 6.04. The Hall–Kier alpha value is -7.42. The van der Waals surface area contributed by atoms with Crippen molar-refractivity contribution in [1.29, 1.82) is 0 Å². The standard InChI is InChI=1S/C54H38N2/c1-6-18-39(19-7-1)43-26-16-29-46(36-43)55(51-34-32-44(40-20-8-2-9-21-40)37-49(51)42-24-12-4-13-25-42)47-33-35-52-50(38-47)54-48(41-22-10-3-11-23-41)30-17-31-53(54)56(52)45-27-14-5-15-28-45/h1-38H. The molecule has 0 saturated heterocycles. The van der Waals surface area contributed by atoms with Crippen LogP contribution in [0.15, 0.2) is 231 Å². The molecular weight excluding hydrogens is 677 g/mol. The van der Waals surface area contributed by atoms with Gasteiger partial charge in [0.15, 0.2) is 0 Å². The maximum absolute atomic E-state index is 2.44. The molecule has 0 fully saturated rings. The number of aromatic nitrogens is 1. The molecular formula is C54H38N2. The van der Waals surface area contributed by atoms with Crippen LogP contribution in [0.3, 0.4) is 0 Å². The lowest BCUT2D eigenvalue weighted by Gasteiger charge is -2.29. The summed E-state index contributed by atoms with van der Waals surface area (Å²) in [5.41, 5.74) is 16.2. The predicted molar refractivity (Wildman–Crippen MR) is 237 cm³/mol. The van der Waals surface area contributed by atoms with Crippen molar-refractivity contribution < 1.29 is 0 Å². The summed E-state index contributed by atoms with van der Waals surface area (Å²) in [6, 6.07) is 83.1. The van der Waals surface area contributed by atoms with Gasteiger partial charge in [-0.2, -0.15) is 0 Å². The molecule has 0 unspecified atom stereocenters. The van der Waals surface area contributed by atoms with Crippen LogP contribution in [-0.4, -0.2) is 4.57 Å². The topological polar surface area (TPSA) is 8.17 Å². The number of benzene rings is 9. The molecule has 1 heterocycles. The number of anilines is 3. The number of fused-ring (bicyclic) bond motifs is 3. The van der Waals surface area contributed by atoms with E-state index in [1.807, 2.05) is 0 Å². The molecule has 10 aromatic rings. The molecule has 9 aromatic carbocycles. The Morgan fingerprint density at radius 3 is 1.46 bits per heavy atom. The van der Waals surface area contributed by atoms with Gasteiger partial charge in [-0.1, -0.05) is 170 Å². The highest BCUT2D eigenvalue weighted by Gasteiger charge is 2.22. The fraction of sp³-hybridized carbons (Fsp3) is 0. The van der Waals surface area contributed by atoms with Crippen molar-refractivity contribution in [3.05, 3.63) is 231 Å². The van der Waals surface area contributed by atoms with E-state index >= 15 is 0 Å². The van der Waals surface area contributed by atoms with Crippen molar-refractivity contribution in [1.82, 2.24) is 4.57 Å². The van der Waals surface area contributed by atoms with Crippen LogP contribution in [0.5, 0.6) is 0 Å². The molecule has 264 valence electrons. The van der Waals surface area contributed by atoms with Crippen LogP contribution in [0.4, 0.5) is 17.1 Å². The fourth-order valence-corrected chi connectivity index (χ4v) is 8.18. The Labute approximate surface area is 327 Å². The van der Waals surface area contributed by atoms with Crippen molar-refractivity contribution in [2.75, 3.05) is 4.90 Å². The summed E-state index contributed by atoms with van der Waals surface area (Å²) in [5.74, 6) is 0. The molecule has 0 saturated carbocycles. The van der Waals surface area contributed by atoms with Crippen molar-refractivity contribution >= 4 is 38.9 Å². The zero-order valence-corrected chi connectivity index (χ0v) is 30.8. The summed E-state index contributed by atoms with van der Waals surface area (Å²) >= 11 is 0. The quantitative estimate of drug-likeness (QED) is 0.152. The van der Waals surface area contributed by atoms with Crippen molar-refractivity contribution in [2.45, 2.75) is 0 Å². The van der Waals surface area contributed by atoms with E-state index < -0.39 is 0 Å². The molecule has 0 N–H and O–H groups in total. The summed E-state index contributed by atoms with van der Waals surface area (Å²) in [6.45, 7) is 0. The van der Waals surface area contributed by atoms with Gasteiger partial charge in [0.1, 0.15) is 0 Å². The minimum Gasteiger partial charge on any atom is -0.310 e. The fourth-order valence-electron chi connectivity index (χ4n) is 8.18. The Morgan fingerprint density at radius 2 is 0.821 bits per heavy atom. The monoisotopic (exact) mass is 714 g/mol. The SMILES string of the molecule is c1ccc(-c2cccc(N(c3ccc4c(c3)c3c(-c5ccccc5)cccc3n4-c3ccccc3)c3ccc(-c4ccccc4)cc3-c3ccccc3)c2)cc1. The van der Waals surface area contributed by atoms with Gasteiger partial charge in [-0.15, -0.1) is 0 Å². The van der Waals surface area contributed by atoms with E-state index in [0.717, 1.165) is 33.9 Å². The molecule has 1 aromatic heterocycles. The molecule has 0 aliphatic rings. The third-order valence-corrected chi connectivity index (χ3v) is 10.8. The minimum atomic E-state index is 1.09. The number of para-hydroxylation sites is 1. The number of hydrogen-bond donors (Lipinski definition) is 0. The zero-order chi connectivity index (χ0) is 37.3. The summed E-state index contributed by atoms with van der Waals surface area (Å²) < 4.78 is 2.41. The molecule has 0 aliphatic heterocycles. The van der Waals surface area contributed by atoms with Crippen LogP contribution in [0.2, 0.25) is 0 Å². The largest absolute Gasteiger partial charge is 0.310 e. The second-order valence-corrected chi connectivity index (χ2v) is 14.2. The van der Waals surface area contributed by atoms with Gasteiger partial charge in [-0.05, 0) is 99.6 Å². The highest BCUT2D eigenvalue weighted by molar-refractivity contribution is 6.17. The van der Waals surface area contributed by atoms with E-state index in [2.05, 4.69) is 240 Å². The first-order chi connectivity index (χ1) is 27.8. The van der Waals surface area contributed by atoms with Crippen molar-refractivity contribution in [2.24, 2.45) is 0 Å². The molecule has 2 nitrogen and oxygen atoms in total. The zero-order valence-electron chi connectivity index (χ0n) is 30.8. The van der Waals surface area contributed by atoms with Gasteiger partial charge in [-0.25, -0.2) is 0 Å². The summed E-state index contributed by atoms with van der Waals surface area (Å²) in [7, 11) is 0. The van der Waals surface area contributed by atoms with Crippen LogP contribution < -0.4 is 4.90 Å². The van der Waals surface area contributed by atoms with Gasteiger partial charge in [0.2, 0.25) is 0 Å². The van der Waals surface area contributed by atoms with E-state index in [1.165, 1.54) is 55.2 Å². The van der Waals surface area contributed by atoms with E-state index in [-0.39, 0.29) is 0 Å². The van der Waals surface area contributed by atoms with E-state index in [4.69, 9.17) is 0 Å². The lowest BCUT2D eigenvalue weighted by molar-refractivity contribution is 1.18. The Bertz CT molecular complexity index is 2930. The van der Waals surface area contributed by atoms with Gasteiger partial charge >= 0.3 is 0 Å². The van der Waals surface area contributed by atoms with Gasteiger partial charge in [0, 0.05) is 33.4 Å². The third-order valence-electron chi connectivity index (χ3n) is 10.8. The molecule has 0 spiro atoms. The Balaban J connectivity index is 1.27. The lowest BCUT2D eigenvalue weighted by atomic mass is 9.95. The maximum Gasteiger partial charge on any atom is 0.0547 e. The van der Waals surface area contributed by atoms with Crippen LogP contribution in [0.25, 0.3) is 72.0 Å². The molecule has 0 bridgehead atoms. The number of rotatable bonds is 8. The summed E-state index contributed by atoms with van der Waals surface area (Å²) in [6.07, 6.45) is 0. The highest BCUT2D eigenvalue weighted by atomic mass is 15.1. The Morgan fingerprint density at radius 1 is 0.304 bits per heavy atom. The van der Waals surface area contributed by atoms with Crippen LogP contribution in [0.1, 0.15) is 0 Å². The maximum atomic E-state index is 2.44. The average molecular weight is 715 g/mol.